The third kappa shape index (κ3) is 1.89. The Morgan fingerprint density at radius 3 is 2.53 bits per heavy atom. The highest BCUT2D eigenvalue weighted by Gasteiger charge is 2.42. The minimum absolute atomic E-state index is 0.363. The summed E-state index contributed by atoms with van der Waals surface area (Å²) in [5, 5.41) is 0.363. The molecule has 0 aromatic heterocycles. The monoisotopic (exact) mass is 227 g/mol. The maximum atomic E-state index is 11.9. The first-order chi connectivity index (χ1) is 7.24. The molecule has 15 heavy (non-hydrogen) atoms. The minimum atomic E-state index is 0.363. The molecule has 0 aromatic rings. The molecule has 0 bridgehead atoms. The second kappa shape index (κ2) is 3.65. The van der Waals surface area contributed by atoms with Crippen molar-refractivity contribution in [2.24, 2.45) is 17.8 Å². The molecule has 0 aromatic carbocycles. The minimum Gasteiger partial charge on any atom is -0.342 e. The molecule has 2 saturated carbocycles. The van der Waals surface area contributed by atoms with E-state index in [0.717, 1.165) is 44.7 Å². The van der Waals surface area contributed by atoms with Crippen molar-refractivity contribution in [3.8, 4) is 0 Å². The van der Waals surface area contributed by atoms with Crippen LogP contribution in [0.2, 0.25) is 0 Å². The van der Waals surface area contributed by atoms with Crippen molar-refractivity contribution in [1.82, 2.24) is 4.90 Å². The zero-order valence-electron chi connectivity index (χ0n) is 8.99. The van der Waals surface area contributed by atoms with Crippen LogP contribution in [0, 0.1) is 17.8 Å². The van der Waals surface area contributed by atoms with Gasteiger partial charge in [0.25, 0.3) is 0 Å². The molecule has 1 saturated heterocycles. The van der Waals surface area contributed by atoms with Gasteiger partial charge in [0, 0.05) is 24.4 Å². The van der Waals surface area contributed by atoms with E-state index in [1.54, 1.807) is 0 Å². The normalized spacial score (nSPS) is 40.3. The Hall–Kier alpha value is -0.240. The van der Waals surface area contributed by atoms with E-state index in [2.05, 4.69) is 4.90 Å². The molecule has 0 radical (unpaired) electrons. The van der Waals surface area contributed by atoms with Crippen LogP contribution in [0.5, 0.6) is 0 Å². The fourth-order valence-electron chi connectivity index (χ4n) is 3.14. The zero-order chi connectivity index (χ0) is 10.4. The van der Waals surface area contributed by atoms with Crippen LogP contribution in [0.4, 0.5) is 0 Å². The number of amides is 1. The molecule has 3 aliphatic rings. The van der Waals surface area contributed by atoms with Gasteiger partial charge in [-0.05, 0) is 43.9 Å². The summed E-state index contributed by atoms with van der Waals surface area (Å²) in [6.07, 6.45) is 5.76. The molecule has 3 atom stereocenters. The van der Waals surface area contributed by atoms with Crippen molar-refractivity contribution >= 4 is 17.5 Å². The molecule has 1 amide bonds. The third-order valence-corrected chi connectivity index (χ3v) is 4.62. The topological polar surface area (TPSA) is 20.3 Å². The summed E-state index contributed by atoms with van der Waals surface area (Å²) in [4.78, 5) is 14.0. The number of halogens is 1. The predicted octanol–water partition coefficient (Wildman–Crippen LogP) is 2.26. The Labute approximate surface area is 96.0 Å². The summed E-state index contributed by atoms with van der Waals surface area (Å²) in [5.74, 6) is 2.26. The lowest BCUT2D eigenvalue weighted by Gasteiger charge is -2.26. The maximum absolute atomic E-state index is 11.9. The Bertz CT molecular complexity index is 277. The quantitative estimate of drug-likeness (QED) is 0.630. The first-order valence-corrected chi connectivity index (χ1v) is 6.60. The first-order valence-electron chi connectivity index (χ1n) is 6.17. The van der Waals surface area contributed by atoms with Gasteiger partial charge >= 0.3 is 0 Å². The fourth-order valence-corrected chi connectivity index (χ4v) is 3.50. The highest BCUT2D eigenvalue weighted by Crippen LogP contribution is 2.40. The molecule has 3 fully saturated rings. The molecular formula is C12H18ClNO. The van der Waals surface area contributed by atoms with E-state index in [4.69, 9.17) is 11.6 Å². The second-order valence-corrected chi connectivity index (χ2v) is 6.07. The first kappa shape index (κ1) is 9.95. The Kier molecular flexibility index (Phi) is 2.42. The summed E-state index contributed by atoms with van der Waals surface area (Å²) < 4.78 is 0. The summed E-state index contributed by atoms with van der Waals surface area (Å²) in [6.45, 7) is 2.01. The zero-order valence-corrected chi connectivity index (χ0v) is 9.75. The molecule has 0 N–H and O–H groups in total. The van der Waals surface area contributed by atoms with Crippen molar-refractivity contribution in [2.45, 2.75) is 37.5 Å². The van der Waals surface area contributed by atoms with E-state index in [9.17, 15) is 4.79 Å². The van der Waals surface area contributed by atoms with Crippen LogP contribution < -0.4 is 0 Å². The fraction of sp³-hybridized carbons (Fsp3) is 0.917. The molecule has 1 aliphatic heterocycles. The van der Waals surface area contributed by atoms with Crippen LogP contribution in [0.1, 0.15) is 32.1 Å². The van der Waals surface area contributed by atoms with Crippen molar-refractivity contribution in [3.05, 3.63) is 0 Å². The van der Waals surface area contributed by atoms with Gasteiger partial charge in [0.05, 0.1) is 0 Å². The smallest absolute Gasteiger partial charge is 0.225 e. The highest BCUT2D eigenvalue weighted by molar-refractivity contribution is 6.20. The largest absolute Gasteiger partial charge is 0.342 e. The number of fused-ring (bicyclic) bond motifs is 1. The molecule has 3 unspecified atom stereocenters. The second-order valence-electron chi connectivity index (χ2n) is 5.45. The molecule has 0 spiro atoms. The van der Waals surface area contributed by atoms with Crippen LogP contribution in [0.25, 0.3) is 0 Å². The summed E-state index contributed by atoms with van der Waals surface area (Å²) >= 11 is 6.18. The van der Waals surface area contributed by atoms with Crippen LogP contribution in [0.3, 0.4) is 0 Å². The highest BCUT2D eigenvalue weighted by atomic mass is 35.5. The molecule has 84 valence electrons. The van der Waals surface area contributed by atoms with Gasteiger partial charge in [0.1, 0.15) is 0 Å². The number of hydrogen-bond acceptors (Lipinski definition) is 1. The molecule has 2 nitrogen and oxygen atoms in total. The van der Waals surface area contributed by atoms with Gasteiger partial charge in [-0.25, -0.2) is 0 Å². The van der Waals surface area contributed by atoms with Gasteiger partial charge in [0.2, 0.25) is 5.91 Å². The van der Waals surface area contributed by atoms with Crippen molar-refractivity contribution in [3.63, 3.8) is 0 Å². The Balaban J connectivity index is 1.63. The molecule has 1 heterocycles. The van der Waals surface area contributed by atoms with Crippen LogP contribution in [0.15, 0.2) is 0 Å². The number of rotatable bonds is 1. The van der Waals surface area contributed by atoms with Gasteiger partial charge in [-0.2, -0.15) is 0 Å². The number of nitrogens with zero attached hydrogens (tertiary/aromatic N) is 1. The predicted molar refractivity (Wildman–Crippen MR) is 59.8 cm³/mol. The van der Waals surface area contributed by atoms with Gasteiger partial charge < -0.3 is 4.90 Å². The maximum Gasteiger partial charge on any atom is 0.225 e. The van der Waals surface area contributed by atoms with Crippen LogP contribution in [-0.2, 0) is 4.79 Å². The third-order valence-electron chi connectivity index (χ3n) is 4.22. The van der Waals surface area contributed by atoms with E-state index < -0.39 is 0 Å². The van der Waals surface area contributed by atoms with E-state index in [-0.39, 0.29) is 0 Å². The number of hydrogen-bond donors (Lipinski definition) is 0. The number of carbonyl (C=O) groups excluding carboxylic acids is 1. The van der Waals surface area contributed by atoms with Gasteiger partial charge in [-0.15, -0.1) is 11.6 Å². The standard InChI is InChI=1S/C12H18ClNO/c13-11-4-3-9-6-14(7-10(9)5-11)12(15)8-1-2-8/h8-11H,1-7H2. The van der Waals surface area contributed by atoms with Crippen LogP contribution >= 0.6 is 11.6 Å². The molecule has 3 rings (SSSR count). The lowest BCUT2D eigenvalue weighted by Crippen LogP contribution is -2.30. The van der Waals surface area contributed by atoms with Crippen molar-refractivity contribution in [1.29, 1.82) is 0 Å². The lowest BCUT2D eigenvalue weighted by molar-refractivity contribution is -0.131. The number of carbonyl (C=O) groups is 1. The Morgan fingerprint density at radius 2 is 1.80 bits per heavy atom. The van der Waals surface area contributed by atoms with Gasteiger partial charge in [-0.3, -0.25) is 4.79 Å². The van der Waals surface area contributed by atoms with Gasteiger partial charge in [0.15, 0.2) is 0 Å². The van der Waals surface area contributed by atoms with Crippen LogP contribution in [-0.4, -0.2) is 29.3 Å². The van der Waals surface area contributed by atoms with Crippen molar-refractivity contribution < 1.29 is 4.79 Å². The van der Waals surface area contributed by atoms with E-state index >= 15 is 0 Å². The average molecular weight is 228 g/mol. The molecular weight excluding hydrogens is 210 g/mol. The Morgan fingerprint density at radius 1 is 1.07 bits per heavy atom. The van der Waals surface area contributed by atoms with E-state index in [0.29, 0.717) is 23.1 Å². The molecule has 3 heteroatoms. The SMILES string of the molecule is O=C(C1CC1)N1CC2CCC(Cl)CC2C1. The molecule has 2 aliphatic carbocycles. The lowest BCUT2D eigenvalue weighted by atomic mass is 9.82. The summed E-state index contributed by atoms with van der Waals surface area (Å²) in [6, 6.07) is 0. The average Bonchev–Trinajstić information content (AvgIpc) is 2.97. The van der Waals surface area contributed by atoms with Crippen molar-refractivity contribution in [2.75, 3.05) is 13.1 Å². The summed E-state index contributed by atoms with van der Waals surface area (Å²) in [7, 11) is 0. The number of alkyl halides is 1. The van der Waals surface area contributed by atoms with E-state index in [1.165, 1.54) is 6.42 Å². The summed E-state index contributed by atoms with van der Waals surface area (Å²) in [5.41, 5.74) is 0. The van der Waals surface area contributed by atoms with Gasteiger partial charge in [-0.1, -0.05) is 0 Å². The van der Waals surface area contributed by atoms with E-state index in [1.807, 2.05) is 0 Å². The number of likely N-dealkylation sites (tertiary alicyclic amines) is 1.